The number of carboxylic acids is 1. The van der Waals surface area contributed by atoms with Gasteiger partial charge in [0.1, 0.15) is 0 Å². The largest absolute Gasteiger partial charge is 0.478 e. The van der Waals surface area contributed by atoms with Gasteiger partial charge >= 0.3 is 5.97 Å². The van der Waals surface area contributed by atoms with Crippen molar-refractivity contribution in [3.8, 4) is 0 Å². The third-order valence-corrected chi connectivity index (χ3v) is 3.39. The van der Waals surface area contributed by atoms with E-state index in [0.717, 1.165) is 18.2 Å². The van der Waals surface area contributed by atoms with Crippen LogP contribution in [0.4, 0.5) is 11.4 Å². The fraction of sp³-hybridized carbons (Fsp3) is 0.0625. The molecule has 11 heteroatoms. The average molecular weight is 372 g/mol. The summed E-state index contributed by atoms with van der Waals surface area (Å²) in [6.45, 7) is 0. The first kappa shape index (κ1) is 19.2. The van der Waals surface area contributed by atoms with Crippen molar-refractivity contribution in [3.05, 3.63) is 79.4 Å². The molecule has 2 rings (SSSR count). The summed E-state index contributed by atoms with van der Waals surface area (Å²) < 4.78 is 0. The number of nitro groups is 2. The van der Waals surface area contributed by atoms with Crippen LogP contribution in [0.2, 0.25) is 0 Å². The Kier molecular flexibility index (Phi) is 5.89. The molecule has 0 saturated carbocycles. The van der Waals surface area contributed by atoms with Crippen LogP contribution in [0, 0.1) is 20.2 Å². The van der Waals surface area contributed by atoms with E-state index in [1.807, 2.05) is 0 Å². The minimum Gasteiger partial charge on any atom is -0.478 e. The van der Waals surface area contributed by atoms with Gasteiger partial charge in [-0.05, 0) is 23.8 Å². The minimum absolute atomic E-state index is 0.00381. The van der Waals surface area contributed by atoms with Crippen molar-refractivity contribution in [3.63, 3.8) is 0 Å². The maximum Gasteiger partial charge on any atom is 0.335 e. The first-order valence-corrected chi connectivity index (χ1v) is 7.35. The third-order valence-electron chi connectivity index (χ3n) is 3.39. The molecule has 138 valence electrons. The molecule has 0 aromatic heterocycles. The van der Waals surface area contributed by atoms with Crippen LogP contribution in [0.25, 0.3) is 0 Å². The van der Waals surface area contributed by atoms with Gasteiger partial charge in [0.25, 0.3) is 11.4 Å². The van der Waals surface area contributed by atoms with E-state index in [-0.39, 0.29) is 11.1 Å². The summed E-state index contributed by atoms with van der Waals surface area (Å²) in [6.07, 6.45) is 0.872. The zero-order valence-corrected chi connectivity index (χ0v) is 13.6. The summed E-state index contributed by atoms with van der Waals surface area (Å²) in [5.74, 6) is -1.73. The number of amides is 1. The molecule has 0 unspecified atom stereocenters. The molecule has 1 amide bonds. The van der Waals surface area contributed by atoms with Crippen molar-refractivity contribution in [2.75, 3.05) is 0 Å². The number of aromatic carboxylic acids is 1. The first-order chi connectivity index (χ1) is 12.8. The highest BCUT2D eigenvalue weighted by Gasteiger charge is 2.20. The summed E-state index contributed by atoms with van der Waals surface area (Å²) in [4.78, 5) is 42.8. The van der Waals surface area contributed by atoms with E-state index in [1.165, 1.54) is 30.5 Å². The highest BCUT2D eigenvalue weighted by atomic mass is 16.6. The SMILES string of the molecule is O=C(Cc1ccc([N+](=O)[O-])cc1[N+](=O)[O-])N/N=C\c1ccc(C(=O)O)cc1. The molecule has 0 aliphatic carbocycles. The quantitative estimate of drug-likeness (QED) is 0.425. The van der Waals surface area contributed by atoms with Crippen LogP contribution in [0.5, 0.6) is 0 Å². The smallest absolute Gasteiger partial charge is 0.335 e. The number of rotatable bonds is 7. The molecule has 0 bridgehead atoms. The number of carboxylic acid groups (broad SMARTS) is 1. The number of hydrogen-bond acceptors (Lipinski definition) is 7. The van der Waals surface area contributed by atoms with E-state index in [2.05, 4.69) is 10.5 Å². The second-order valence-electron chi connectivity index (χ2n) is 5.22. The molecule has 0 atom stereocenters. The number of carbonyl (C=O) groups excluding carboxylic acids is 1. The van der Waals surface area contributed by atoms with E-state index in [9.17, 15) is 29.8 Å². The zero-order chi connectivity index (χ0) is 20.0. The Labute approximate surface area is 151 Å². The van der Waals surface area contributed by atoms with Gasteiger partial charge in [-0.25, -0.2) is 10.2 Å². The van der Waals surface area contributed by atoms with Crippen molar-refractivity contribution in [2.45, 2.75) is 6.42 Å². The molecular formula is C16H12N4O7. The average Bonchev–Trinajstić information content (AvgIpc) is 2.62. The monoisotopic (exact) mass is 372 g/mol. The van der Waals surface area contributed by atoms with Gasteiger partial charge in [0.15, 0.2) is 0 Å². The molecule has 2 aromatic carbocycles. The normalized spacial score (nSPS) is 10.5. The van der Waals surface area contributed by atoms with Crippen molar-refractivity contribution in [1.29, 1.82) is 0 Å². The molecule has 11 nitrogen and oxygen atoms in total. The van der Waals surface area contributed by atoms with Crippen LogP contribution >= 0.6 is 0 Å². The minimum atomic E-state index is -1.07. The van der Waals surface area contributed by atoms with E-state index in [0.29, 0.717) is 5.56 Å². The maximum absolute atomic E-state index is 11.9. The van der Waals surface area contributed by atoms with Crippen LogP contribution in [-0.2, 0) is 11.2 Å². The molecule has 0 heterocycles. The Balaban J connectivity index is 2.04. The Morgan fingerprint density at radius 2 is 1.74 bits per heavy atom. The van der Waals surface area contributed by atoms with Crippen molar-refractivity contribution in [1.82, 2.24) is 5.43 Å². The number of nitrogens with one attached hydrogen (secondary N) is 1. The molecule has 0 saturated heterocycles. The van der Waals surface area contributed by atoms with Gasteiger partial charge in [0, 0.05) is 11.6 Å². The zero-order valence-electron chi connectivity index (χ0n) is 13.6. The molecule has 0 fully saturated rings. The highest BCUT2D eigenvalue weighted by molar-refractivity contribution is 5.89. The number of carbonyl (C=O) groups is 2. The summed E-state index contributed by atoms with van der Waals surface area (Å²) in [5, 5.41) is 34.2. The van der Waals surface area contributed by atoms with Crippen molar-refractivity contribution >= 4 is 29.5 Å². The summed E-state index contributed by atoms with van der Waals surface area (Å²) in [5.41, 5.74) is 1.83. The first-order valence-electron chi connectivity index (χ1n) is 7.35. The number of hydrazone groups is 1. The standard InChI is InChI=1S/C16H12N4O7/c21-15(18-17-9-10-1-3-11(4-2-10)16(22)23)7-12-5-6-13(19(24)25)8-14(12)20(26)27/h1-6,8-9H,7H2,(H,18,21)(H,22,23)/b17-9-. The van der Waals surface area contributed by atoms with Gasteiger partial charge in [-0.2, -0.15) is 5.10 Å². The molecule has 2 N–H and O–H groups in total. The Hall–Kier alpha value is -4.15. The van der Waals surface area contributed by atoms with Crippen LogP contribution in [0.3, 0.4) is 0 Å². The maximum atomic E-state index is 11.9. The summed E-state index contributed by atoms with van der Waals surface area (Å²) in [6, 6.07) is 8.71. The van der Waals surface area contributed by atoms with Crippen molar-refractivity contribution < 1.29 is 24.5 Å². The van der Waals surface area contributed by atoms with E-state index < -0.39 is 39.5 Å². The lowest BCUT2D eigenvalue weighted by Crippen LogP contribution is -2.20. The van der Waals surface area contributed by atoms with Crippen LogP contribution < -0.4 is 5.43 Å². The predicted molar refractivity (Wildman–Crippen MR) is 92.6 cm³/mol. The lowest BCUT2D eigenvalue weighted by atomic mass is 10.1. The van der Waals surface area contributed by atoms with Gasteiger partial charge < -0.3 is 5.11 Å². The van der Waals surface area contributed by atoms with E-state index in [4.69, 9.17) is 5.11 Å². The molecule has 2 aromatic rings. The third kappa shape index (κ3) is 5.16. The van der Waals surface area contributed by atoms with Gasteiger partial charge in [-0.15, -0.1) is 0 Å². The Morgan fingerprint density at radius 1 is 1.07 bits per heavy atom. The topological polar surface area (TPSA) is 165 Å². The van der Waals surface area contributed by atoms with Gasteiger partial charge in [-0.3, -0.25) is 25.0 Å². The fourth-order valence-corrected chi connectivity index (χ4v) is 2.09. The molecule has 27 heavy (non-hydrogen) atoms. The number of nitro benzene ring substituents is 2. The molecule has 0 aliphatic heterocycles. The van der Waals surface area contributed by atoms with Crippen LogP contribution in [0.1, 0.15) is 21.5 Å². The van der Waals surface area contributed by atoms with Crippen LogP contribution in [-0.4, -0.2) is 33.0 Å². The molecular weight excluding hydrogens is 360 g/mol. The Morgan fingerprint density at radius 3 is 2.30 bits per heavy atom. The number of non-ortho nitro benzene ring substituents is 1. The number of nitrogens with zero attached hydrogens (tertiary/aromatic N) is 3. The van der Waals surface area contributed by atoms with Gasteiger partial charge in [-0.1, -0.05) is 12.1 Å². The summed E-state index contributed by atoms with van der Waals surface area (Å²) in [7, 11) is 0. The summed E-state index contributed by atoms with van der Waals surface area (Å²) >= 11 is 0. The fourth-order valence-electron chi connectivity index (χ4n) is 2.09. The van der Waals surface area contributed by atoms with Gasteiger partial charge in [0.05, 0.1) is 34.1 Å². The predicted octanol–water partition coefficient (Wildman–Crippen LogP) is 1.89. The second kappa shape index (κ2) is 8.29. The van der Waals surface area contributed by atoms with E-state index >= 15 is 0 Å². The number of hydrogen-bond donors (Lipinski definition) is 2. The van der Waals surface area contributed by atoms with E-state index in [1.54, 1.807) is 0 Å². The lowest BCUT2D eigenvalue weighted by Gasteiger charge is -2.02. The molecule has 0 aliphatic rings. The van der Waals surface area contributed by atoms with Crippen LogP contribution in [0.15, 0.2) is 47.6 Å². The van der Waals surface area contributed by atoms with Crippen molar-refractivity contribution in [2.24, 2.45) is 5.10 Å². The Bertz CT molecular complexity index is 938. The van der Waals surface area contributed by atoms with Gasteiger partial charge in [0.2, 0.25) is 5.91 Å². The number of benzene rings is 2. The highest BCUT2D eigenvalue weighted by Crippen LogP contribution is 2.24. The second-order valence-corrected chi connectivity index (χ2v) is 5.22. The lowest BCUT2D eigenvalue weighted by molar-refractivity contribution is -0.394. The molecule has 0 radical (unpaired) electrons. The molecule has 0 spiro atoms.